The minimum absolute atomic E-state index is 0.130. The maximum atomic E-state index is 13.4. The third-order valence-corrected chi connectivity index (χ3v) is 2.12. The third kappa shape index (κ3) is 2.82. The molecule has 3 nitrogen and oxygen atoms in total. The second kappa shape index (κ2) is 4.25. The molecule has 0 radical (unpaired) electrons. The molecule has 0 saturated carbocycles. The Bertz CT molecular complexity index is 405. The highest BCUT2D eigenvalue weighted by molar-refractivity contribution is 6.33. The van der Waals surface area contributed by atoms with Crippen LogP contribution >= 0.6 is 11.6 Å². The molecule has 0 atom stereocenters. The summed E-state index contributed by atoms with van der Waals surface area (Å²) in [6, 6.07) is 1.09. The van der Waals surface area contributed by atoms with E-state index in [4.69, 9.17) is 23.1 Å². The zero-order valence-corrected chi connectivity index (χ0v) is 8.58. The highest BCUT2D eigenvalue weighted by Crippen LogP contribution is 2.34. The fourth-order valence-corrected chi connectivity index (χ4v) is 1.18. The van der Waals surface area contributed by atoms with Gasteiger partial charge in [0.1, 0.15) is 11.6 Å². The first-order valence-electron chi connectivity index (χ1n) is 4.06. The molecule has 0 aromatic heterocycles. The Kier molecular flexibility index (Phi) is 3.37. The average molecular weight is 258 g/mol. The van der Waals surface area contributed by atoms with Gasteiger partial charge in [-0.2, -0.15) is 13.2 Å². The Balaban J connectivity index is 3.01. The van der Waals surface area contributed by atoms with E-state index < -0.39 is 29.2 Å². The summed E-state index contributed by atoms with van der Waals surface area (Å²) in [5, 5.41) is 1.36. The summed E-state index contributed by atoms with van der Waals surface area (Å²) in [4.78, 5) is 0. The lowest BCUT2D eigenvalue weighted by atomic mass is 10.2. The van der Waals surface area contributed by atoms with Crippen LogP contribution in [0.1, 0.15) is 0 Å². The van der Waals surface area contributed by atoms with Crippen LogP contribution in [0.4, 0.5) is 34.6 Å². The van der Waals surface area contributed by atoms with Crippen LogP contribution in [0.15, 0.2) is 6.07 Å². The third-order valence-electron chi connectivity index (χ3n) is 1.73. The molecule has 0 aliphatic heterocycles. The van der Waals surface area contributed by atoms with Gasteiger partial charge in [0.2, 0.25) is 0 Å². The minimum Gasteiger partial charge on any atom is -0.397 e. The number of anilines is 3. The Labute approximate surface area is 93.4 Å². The molecule has 1 rings (SSSR count). The van der Waals surface area contributed by atoms with Gasteiger partial charge in [0.25, 0.3) is 0 Å². The monoisotopic (exact) mass is 257 g/mol. The molecule has 1 aromatic carbocycles. The van der Waals surface area contributed by atoms with Gasteiger partial charge in [-0.1, -0.05) is 11.6 Å². The molecule has 0 fully saturated rings. The molecule has 0 aliphatic rings. The molecular weight excluding hydrogens is 250 g/mol. The van der Waals surface area contributed by atoms with Gasteiger partial charge >= 0.3 is 6.18 Å². The van der Waals surface area contributed by atoms with E-state index in [1.54, 1.807) is 0 Å². The van der Waals surface area contributed by atoms with Crippen LogP contribution in [0, 0.1) is 5.82 Å². The topological polar surface area (TPSA) is 64.1 Å². The SMILES string of the molecule is Nc1cc(N)c(NCC(F)(F)F)c(F)c1Cl. The van der Waals surface area contributed by atoms with Crippen LogP contribution in [0.2, 0.25) is 5.02 Å². The largest absolute Gasteiger partial charge is 0.405 e. The van der Waals surface area contributed by atoms with Crippen molar-refractivity contribution in [2.75, 3.05) is 23.3 Å². The van der Waals surface area contributed by atoms with Crippen LogP contribution in [0.25, 0.3) is 0 Å². The molecule has 5 N–H and O–H groups in total. The van der Waals surface area contributed by atoms with Crippen molar-refractivity contribution in [1.29, 1.82) is 0 Å². The second-order valence-corrected chi connectivity index (χ2v) is 3.40. The second-order valence-electron chi connectivity index (χ2n) is 3.03. The van der Waals surface area contributed by atoms with E-state index >= 15 is 0 Å². The molecule has 16 heavy (non-hydrogen) atoms. The standard InChI is InChI=1S/C8H8ClF4N3/c9-5-3(14)1-4(15)7(6(5)10)16-2-8(11,12)13/h1,16H,2,14-15H2. The molecule has 1 aromatic rings. The summed E-state index contributed by atoms with van der Waals surface area (Å²) >= 11 is 5.43. The smallest absolute Gasteiger partial charge is 0.397 e. The van der Waals surface area contributed by atoms with Crippen molar-refractivity contribution in [3.05, 3.63) is 16.9 Å². The molecule has 90 valence electrons. The van der Waals surface area contributed by atoms with E-state index in [1.165, 1.54) is 0 Å². The minimum atomic E-state index is -4.48. The van der Waals surface area contributed by atoms with Gasteiger partial charge in [0.05, 0.1) is 17.1 Å². The fourth-order valence-electron chi connectivity index (χ4n) is 1.03. The predicted octanol–water partition coefficient (Wildman–Crippen LogP) is 2.62. The highest BCUT2D eigenvalue weighted by atomic mass is 35.5. The molecule has 0 saturated heterocycles. The lowest BCUT2D eigenvalue weighted by Crippen LogP contribution is -2.22. The quantitative estimate of drug-likeness (QED) is 0.564. The van der Waals surface area contributed by atoms with Gasteiger partial charge in [-0.05, 0) is 6.07 Å². The van der Waals surface area contributed by atoms with Crippen LogP contribution < -0.4 is 16.8 Å². The van der Waals surface area contributed by atoms with Gasteiger partial charge in [0.15, 0.2) is 5.82 Å². The van der Waals surface area contributed by atoms with Crippen LogP contribution in [0.3, 0.4) is 0 Å². The van der Waals surface area contributed by atoms with Crippen LogP contribution in [-0.2, 0) is 0 Å². The lowest BCUT2D eigenvalue weighted by molar-refractivity contribution is -0.115. The van der Waals surface area contributed by atoms with Gasteiger partial charge in [-0.25, -0.2) is 4.39 Å². The Morgan fingerprint density at radius 2 is 1.81 bits per heavy atom. The van der Waals surface area contributed by atoms with E-state index in [9.17, 15) is 17.6 Å². The highest BCUT2D eigenvalue weighted by Gasteiger charge is 2.28. The van der Waals surface area contributed by atoms with Crippen molar-refractivity contribution in [2.24, 2.45) is 0 Å². The van der Waals surface area contributed by atoms with Gasteiger partial charge in [-0.3, -0.25) is 0 Å². The van der Waals surface area contributed by atoms with Crippen molar-refractivity contribution in [2.45, 2.75) is 6.18 Å². The number of benzene rings is 1. The maximum absolute atomic E-state index is 13.4. The maximum Gasteiger partial charge on any atom is 0.405 e. The molecule has 0 amide bonds. The van der Waals surface area contributed by atoms with Gasteiger partial charge in [-0.15, -0.1) is 0 Å². The molecule has 0 aliphatic carbocycles. The average Bonchev–Trinajstić information content (AvgIpc) is 2.12. The fraction of sp³-hybridized carbons (Fsp3) is 0.250. The Morgan fingerprint density at radius 3 is 2.31 bits per heavy atom. The summed E-state index contributed by atoms with van der Waals surface area (Å²) < 4.78 is 49.1. The number of halogens is 5. The summed E-state index contributed by atoms with van der Waals surface area (Å²) in [6.45, 7) is -1.41. The molecular formula is C8H8ClF4N3. The van der Waals surface area contributed by atoms with Crippen molar-refractivity contribution in [3.8, 4) is 0 Å². The van der Waals surface area contributed by atoms with Crippen molar-refractivity contribution < 1.29 is 17.6 Å². The summed E-state index contributed by atoms with van der Waals surface area (Å²) in [5.41, 5.74) is 9.72. The van der Waals surface area contributed by atoms with Crippen LogP contribution in [-0.4, -0.2) is 12.7 Å². The first kappa shape index (κ1) is 12.7. The van der Waals surface area contributed by atoms with E-state index in [0.29, 0.717) is 0 Å². The normalized spacial score (nSPS) is 11.6. The van der Waals surface area contributed by atoms with E-state index in [2.05, 4.69) is 0 Å². The zero-order chi connectivity index (χ0) is 12.5. The van der Waals surface area contributed by atoms with E-state index in [0.717, 1.165) is 6.07 Å². The van der Waals surface area contributed by atoms with Crippen molar-refractivity contribution >= 4 is 28.7 Å². The predicted molar refractivity (Wildman–Crippen MR) is 54.8 cm³/mol. The number of nitrogens with two attached hydrogens (primary N) is 2. The number of nitrogens with one attached hydrogen (secondary N) is 1. The first-order valence-corrected chi connectivity index (χ1v) is 4.43. The molecule has 0 heterocycles. The first-order chi connectivity index (χ1) is 7.22. The number of nitrogen functional groups attached to an aromatic ring is 2. The Hall–Kier alpha value is -1.37. The van der Waals surface area contributed by atoms with Crippen LogP contribution in [0.5, 0.6) is 0 Å². The lowest BCUT2D eigenvalue weighted by Gasteiger charge is -2.14. The molecule has 0 bridgehead atoms. The van der Waals surface area contributed by atoms with Gasteiger partial charge in [0, 0.05) is 0 Å². The number of rotatable bonds is 2. The summed E-state index contributed by atoms with van der Waals surface area (Å²) in [7, 11) is 0. The number of alkyl halides is 3. The number of hydrogen-bond donors (Lipinski definition) is 3. The van der Waals surface area contributed by atoms with Crippen molar-refractivity contribution in [1.82, 2.24) is 0 Å². The molecule has 8 heteroatoms. The molecule has 0 spiro atoms. The van der Waals surface area contributed by atoms with Crippen molar-refractivity contribution in [3.63, 3.8) is 0 Å². The van der Waals surface area contributed by atoms with Gasteiger partial charge < -0.3 is 16.8 Å². The number of hydrogen-bond acceptors (Lipinski definition) is 3. The molecule has 0 unspecified atom stereocenters. The summed E-state index contributed by atoms with van der Waals surface area (Å²) in [6.07, 6.45) is -4.48. The summed E-state index contributed by atoms with van der Waals surface area (Å²) in [5.74, 6) is -1.09. The Morgan fingerprint density at radius 1 is 1.25 bits per heavy atom. The van der Waals surface area contributed by atoms with E-state index in [1.807, 2.05) is 5.32 Å². The van der Waals surface area contributed by atoms with E-state index in [-0.39, 0.29) is 11.4 Å². The zero-order valence-electron chi connectivity index (χ0n) is 7.83.